The van der Waals surface area contributed by atoms with Crippen LogP contribution in [0.1, 0.15) is 37.0 Å². The van der Waals surface area contributed by atoms with Crippen LogP contribution in [0.25, 0.3) is 0 Å². The Kier molecular flexibility index (Phi) is 5.64. The molecular formula is C21H26N4O2. The molecule has 6 nitrogen and oxygen atoms in total. The molecule has 0 spiro atoms. The summed E-state index contributed by atoms with van der Waals surface area (Å²) >= 11 is 0. The predicted molar refractivity (Wildman–Crippen MR) is 108 cm³/mol. The SMILES string of the molecule is CCCNC(=O)N1N=C(c2ccc(N)cc2)c2cc(OC)ccc2CC1C. The average molecular weight is 366 g/mol. The standard InChI is InChI=1S/C21H26N4O2/c1-4-11-23-21(26)25-14(2)12-16-7-10-18(27-3)13-19(16)20(24-25)15-5-8-17(22)9-6-15/h5-10,13-14H,4,11-12,22H2,1-3H3,(H,23,26). The van der Waals surface area contributed by atoms with Gasteiger partial charge in [-0.2, -0.15) is 5.10 Å². The van der Waals surface area contributed by atoms with Crippen molar-refractivity contribution in [2.75, 3.05) is 19.4 Å². The molecule has 2 aromatic rings. The molecule has 0 fully saturated rings. The topological polar surface area (TPSA) is 80.0 Å². The zero-order valence-electron chi connectivity index (χ0n) is 16.0. The van der Waals surface area contributed by atoms with Crippen molar-refractivity contribution in [2.45, 2.75) is 32.7 Å². The van der Waals surface area contributed by atoms with Crippen LogP contribution in [0.15, 0.2) is 47.6 Å². The summed E-state index contributed by atoms with van der Waals surface area (Å²) in [4.78, 5) is 12.7. The maximum atomic E-state index is 12.7. The van der Waals surface area contributed by atoms with Crippen molar-refractivity contribution in [2.24, 2.45) is 5.10 Å². The molecular weight excluding hydrogens is 340 g/mol. The number of hydrogen-bond donors (Lipinski definition) is 2. The number of fused-ring (bicyclic) bond motifs is 1. The number of carbonyl (C=O) groups is 1. The van der Waals surface area contributed by atoms with Gasteiger partial charge in [-0.25, -0.2) is 9.80 Å². The average Bonchev–Trinajstić information content (AvgIpc) is 2.82. The minimum atomic E-state index is -0.183. The quantitative estimate of drug-likeness (QED) is 0.814. The minimum Gasteiger partial charge on any atom is -0.497 e. The molecule has 142 valence electrons. The number of nitrogens with zero attached hydrogens (tertiary/aromatic N) is 2. The molecule has 27 heavy (non-hydrogen) atoms. The van der Waals surface area contributed by atoms with Crippen molar-refractivity contribution in [3.8, 4) is 5.75 Å². The molecule has 3 N–H and O–H groups in total. The lowest BCUT2D eigenvalue weighted by atomic mass is 9.94. The highest BCUT2D eigenvalue weighted by molar-refractivity contribution is 6.14. The Morgan fingerprint density at radius 1 is 1.30 bits per heavy atom. The Morgan fingerprint density at radius 3 is 2.70 bits per heavy atom. The van der Waals surface area contributed by atoms with Gasteiger partial charge in [0.2, 0.25) is 0 Å². The number of hydrazone groups is 1. The number of amides is 2. The fraction of sp³-hybridized carbons (Fsp3) is 0.333. The molecule has 1 aliphatic heterocycles. The second-order valence-electron chi connectivity index (χ2n) is 6.72. The van der Waals surface area contributed by atoms with E-state index in [-0.39, 0.29) is 12.1 Å². The normalized spacial score (nSPS) is 16.2. The van der Waals surface area contributed by atoms with Crippen molar-refractivity contribution in [3.63, 3.8) is 0 Å². The number of rotatable bonds is 4. The van der Waals surface area contributed by atoms with E-state index in [2.05, 4.69) is 5.32 Å². The van der Waals surface area contributed by atoms with Crippen LogP contribution in [0, 0.1) is 0 Å². The van der Waals surface area contributed by atoms with E-state index in [1.807, 2.05) is 56.3 Å². The van der Waals surface area contributed by atoms with Crippen LogP contribution < -0.4 is 15.8 Å². The highest BCUT2D eigenvalue weighted by atomic mass is 16.5. The van der Waals surface area contributed by atoms with E-state index in [1.165, 1.54) is 0 Å². The van der Waals surface area contributed by atoms with E-state index >= 15 is 0 Å². The number of nitrogens with one attached hydrogen (secondary N) is 1. The second-order valence-corrected chi connectivity index (χ2v) is 6.72. The largest absolute Gasteiger partial charge is 0.497 e. The summed E-state index contributed by atoms with van der Waals surface area (Å²) in [6.07, 6.45) is 1.58. The molecule has 2 amide bonds. The third-order valence-electron chi connectivity index (χ3n) is 4.63. The number of benzene rings is 2. The second kappa shape index (κ2) is 8.12. The van der Waals surface area contributed by atoms with Gasteiger partial charge in [0.25, 0.3) is 0 Å². The van der Waals surface area contributed by atoms with Crippen LogP contribution >= 0.6 is 0 Å². The van der Waals surface area contributed by atoms with Gasteiger partial charge in [-0.15, -0.1) is 0 Å². The molecule has 1 aliphatic rings. The molecule has 6 heteroatoms. The summed E-state index contributed by atoms with van der Waals surface area (Å²) in [6, 6.07) is 13.2. The van der Waals surface area contributed by atoms with Crippen molar-refractivity contribution in [1.29, 1.82) is 0 Å². The lowest BCUT2D eigenvalue weighted by Crippen LogP contribution is -2.42. The lowest BCUT2D eigenvalue weighted by molar-refractivity contribution is 0.182. The number of nitrogen functional groups attached to an aromatic ring is 1. The molecule has 3 rings (SSSR count). The number of nitrogens with two attached hydrogens (primary N) is 1. The fourth-order valence-electron chi connectivity index (χ4n) is 3.16. The van der Waals surface area contributed by atoms with Gasteiger partial charge < -0.3 is 15.8 Å². The van der Waals surface area contributed by atoms with Crippen LogP contribution in [0.5, 0.6) is 5.75 Å². The van der Waals surface area contributed by atoms with Crippen LogP contribution in [0.4, 0.5) is 10.5 Å². The van der Waals surface area contributed by atoms with Gasteiger partial charge >= 0.3 is 6.03 Å². The summed E-state index contributed by atoms with van der Waals surface area (Å²) in [5, 5.41) is 9.24. The summed E-state index contributed by atoms with van der Waals surface area (Å²) in [5.74, 6) is 0.758. The van der Waals surface area contributed by atoms with E-state index in [1.54, 1.807) is 12.1 Å². The third-order valence-corrected chi connectivity index (χ3v) is 4.63. The molecule has 0 saturated heterocycles. The van der Waals surface area contributed by atoms with Crippen LogP contribution in [-0.2, 0) is 6.42 Å². The van der Waals surface area contributed by atoms with Gasteiger partial charge in [-0.3, -0.25) is 0 Å². The number of methoxy groups -OCH3 is 1. The van der Waals surface area contributed by atoms with Crippen molar-refractivity contribution in [1.82, 2.24) is 10.3 Å². The molecule has 1 atom stereocenters. The van der Waals surface area contributed by atoms with Crippen LogP contribution in [-0.4, -0.2) is 36.4 Å². The Hall–Kier alpha value is -3.02. The fourth-order valence-corrected chi connectivity index (χ4v) is 3.16. The summed E-state index contributed by atoms with van der Waals surface area (Å²) < 4.78 is 5.41. The molecule has 0 aliphatic carbocycles. The molecule has 0 bridgehead atoms. The van der Waals surface area contributed by atoms with Gasteiger partial charge in [-0.1, -0.05) is 25.1 Å². The van der Waals surface area contributed by atoms with Crippen molar-refractivity contribution >= 4 is 17.4 Å². The van der Waals surface area contributed by atoms with E-state index < -0.39 is 0 Å². The van der Waals surface area contributed by atoms with E-state index in [9.17, 15) is 4.79 Å². The first kappa shape index (κ1) is 18.8. The van der Waals surface area contributed by atoms with Gasteiger partial charge in [0.1, 0.15) is 5.75 Å². The summed E-state index contributed by atoms with van der Waals surface area (Å²) in [6.45, 7) is 4.65. The number of hydrogen-bond acceptors (Lipinski definition) is 4. The summed E-state index contributed by atoms with van der Waals surface area (Å²) in [5.41, 5.74) is 10.3. The molecule has 0 radical (unpaired) electrons. The van der Waals surface area contributed by atoms with E-state index in [0.29, 0.717) is 18.7 Å². The highest BCUT2D eigenvalue weighted by Gasteiger charge is 2.27. The Bertz CT molecular complexity index is 846. The number of urea groups is 1. The summed E-state index contributed by atoms with van der Waals surface area (Å²) in [7, 11) is 1.64. The van der Waals surface area contributed by atoms with Gasteiger partial charge in [-0.05, 0) is 49.6 Å². The predicted octanol–water partition coefficient (Wildman–Crippen LogP) is 3.40. The van der Waals surface area contributed by atoms with E-state index in [0.717, 1.165) is 34.6 Å². The number of anilines is 1. The number of ether oxygens (including phenoxy) is 1. The van der Waals surface area contributed by atoms with Gasteiger partial charge in [0.15, 0.2) is 0 Å². The molecule has 2 aromatic carbocycles. The third kappa shape index (κ3) is 4.05. The molecule has 0 saturated carbocycles. The Balaban J connectivity index is 2.12. The Labute approximate surface area is 160 Å². The monoisotopic (exact) mass is 366 g/mol. The first-order chi connectivity index (χ1) is 13.0. The number of carbonyl (C=O) groups excluding carboxylic acids is 1. The zero-order valence-corrected chi connectivity index (χ0v) is 16.0. The Morgan fingerprint density at radius 2 is 2.04 bits per heavy atom. The zero-order chi connectivity index (χ0) is 19.4. The first-order valence-electron chi connectivity index (χ1n) is 9.22. The maximum absolute atomic E-state index is 12.7. The molecule has 1 unspecified atom stereocenters. The van der Waals surface area contributed by atoms with E-state index in [4.69, 9.17) is 15.6 Å². The lowest BCUT2D eigenvalue weighted by Gasteiger charge is -2.23. The van der Waals surface area contributed by atoms with Crippen LogP contribution in [0.2, 0.25) is 0 Å². The minimum absolute atomic E-state index is 0.0692. The maximum Gasteiger partial charge on any atom is 0.338 e. The van der Waals surface area contributed by atoms with Crippen molar-refractivity contribution < 1.29 is 9.53 Å². The van der Waals surface area contributed by atoms with Crippen LogP contribution in [0.3, 0.4) is 0 Å². The highest BCUT2D eigenvalue weighted by Crippen LogP contribution is 2.27. The van der Waals surface area contributed by atoms with Crippen molar-refractivity contribution in [3.05, 3.63) is 59.2 Å². The van der Waals surface area contributed by atoms with Gasteiger partial charge in [0, 0.05) is 23.4 Å². The molecule has 0 aromatic heterocycles. The molecule has 1 heterocycles. The van der Waals surface area contributed by atoms with Gasteiger partial charge in [0.05, 0.1) is 18.9 Å². The first-order valence-corrected chi connectivity index (χ1v) is 9.22. The smallest absolute Gasteiger partial charge is 0.338 e.